The first-order chi connectivity index (χ1) is 15.2. The van der Waals surface area contributed by atoms with Crippen LogP contribution in [0.3, 0.4) is 0 Å². The molecule has 0 spiro atoms. The molecule has 1 aliphatic heterocycles. The fraction of sp³-hybridized carbons (Fsp3) is 0. The fourth-order valence-corrected chi connectivity index (χ4v) is 3.56. The van der Waals surface area contributed by atoms with Gasteiger partial charge in [-0.25, -0.2) is 14.5 Å². The SMILES string of the molecule is O=C1OC(c2ccc(Br)cc2)=NC1=Cc1cn(-c2ccccc2)nc1-c1ccccc1. The van der Waals surface area contributed by atoms with Crippen molar-refractivity contribution in [1.82, 2.24) is 9.78 Å². The topological polar surface area (TPSA) is 56.5 Å². The molecule has 3 aromatic carbocycles. The molecule has 1 aromatic heterocycles. The number of halogens is 1. The molecule has 1 aliphatic rings. The lowest BCUT2D eigenvalue weighted by molar-refractivity contribution is -0.129. The highest BCUT2D eigenvalue weighted by molar-refractivity contribution is 9.10. The fourth-order valence-electron chi connectivity index (χ4n) is 3.30. The second-order valence-corrected chi connectivity index (χ2v) is 7.84. The van der Waals surface area contributed by atoms with Crippen molar-refractivity contribution in [2.24, 2.45) is 4.99 Å². The Morgan fingerprint density at radius 2 is 1.52 bits per heavy atom. The van der Waals surface area contributed by atoms with E-state index >= 15 is 0 Å². The molecule has 0 fully saturated rings. The highest BCUT2D eigenvalue weighted by atomic mass is 79.9. The Bertz CT molecular complexity index is 1310. The quantitative estimate of drug-likeness (QED) is 0.286. The summed E-state index contributed by atoms with van der Waals surface area (Å²) in [6.07, 6.45) is 3.62. The number of aromatic nitrogens is 2. The number of benzene rings is 3. The lowest BCUT2D eigenvalue weighted by Gasteiger charge is -2.00. The van der Waals surface area contributed by atoms with Gasteiger partial charge in [-0.2, -0.15) is 5.10 Å². The molecular weight excluding hydrogens is 454 g/mol. The van der Waals surface area contributed by atoms with Crippen LogP contribution in [0.2, 0.25) is 0 Å². The molecule has 0 saturated heterocycles. The molecule has 150 valence electrons. The van der Waals surface area contributed by atoms with Crippen molar-refractivity contribution in [3.8, 4) is 16.9 Å². The van der Waals surface area contributed by atoms with E-state index in [2.05, 4.69) is 20.9 Å². The number of para-hydroxylation sites is 1. The molecule has 31 heavy (non-hydrogen) atoms. The second kappa shape index (κ2) is 8.16. The van der Waals surface area contributed by atoms with E-state index in [-0.39, 0.29) is 5.70 Å². The maximum absolute atomic E-state index is 12.5. The van der Waals surface area contributed by atoms with Gasteiger partial charge in [0.15, 0.2) is 5.70 Å². The lowest BCUT2D eigenvalue weighted by Crippen LogP contribution is -2.05. The standard InChI is InChI=1S/C25H16BrN3O2/c26-20-13-11-18(12-14-20)24-27-22(25(30)31-24)15-19-16-29(21-9-5-2-6-10-21)28-23(19)17-7-3-1-4-8-17/h1-16H. The molecule has 0 radical (unpaired) electrons. The summed E-state index contributed by atoms with van der Waals surface area (Å²) in [6.45, 7) is 0. The molecule has 0 unspecified atom stereocenters. The number of cyclic esters (lactones) is 1. The van der Waals surface area contributed by atoms with Gasteiger partial charge in [0.25, 0.3) is 0 Å². The van der Waals surface area contributed by atoms with Gasteiger partial charge < -0.3 is 4.74 Å². The largest absolute Gasteiger partial charge is 0.402 e. The minimum atomic E-state index is -0.482. The van der Waals surface area contributed by atoms with Gasteiger partial charge in [-0.3, -0.25) is 0 Å². The van der Waals surface area contributed by atoms with E-state index in [0.717, 1.165) is 32.5 Å². The van der Waals surface area contributed by atoms with Gasteiger partial charge in [-0.15, -0.1) is 0 Å². The normalized spacial score (nSPS) is 14.5. The van der Waals surface area contributed by atoms with Crippen LogP contribution in [0.25, 0.3) is 23.0 Å². The number of carbonyl (C=O) groups excluding carboxylic acids is 1. The first kappa shape index (κ1) is 19.2. The van der Waals surface area contributed by atoms with Gasteiger partial charge in [-0.1, -0.05) is 64.5 Å². The van der Waals surface area contributed by atoms with Crippen molar-refractivity contribution in [2.75, 3.05) is 0 Å². The van der Waals surface area contributed by atoms with E-state index in [9.17, 15) is 4.79 Å². The summed E-state index contributed by atoms with van der Waals surface area (Å²) in [4.78, 5) is 16.9. The van der Waals surface area contributed by atoms with Gasteiger partial charge >= 0.3 is 5.97 Å². The number of rotatable bonds is 4. The number of hydrogen-bond acceptors (Lipinski definition) is 4. The smallest absolute Gasteiger partial charge is 0.363 e. The summed E-state index contributed by atoms with van der Waals surface area (Å²) in [6, 6.07) is 27.1. The Morgan fingerprint density at radius 1 is 0.839 bits per heavy atom. The third-order valence-corrected chi connectivity index (χ3v) is 5.34. The predicted molar refractivity (Wildman–Crippen MR) is 124 cm³/mol. The highest BCUT2D eigenvalue weighted by Crippen LogP contribution is 2.28. The zero-order valence-electron chi connectivity index (χ0n) is 16.3. The number of aliphatic imine (C=N–C) groups is 1. The van der Waals surface area contributed by atoms with Gasteiger partial charge in [0.05, 0.1) is 5.69 Å². The maximum atomic E-state index is 12.5. The number of ether oxygens (including phenoxy) is 1. The Morgan fingerprint density at radius 3 is 2.23 bits per heavy atom. The van der Waals surface area contributed by atoms with Crippen LogP contribution in [0, 0.1) is 0 Å². The van der Waals surface area contributed by atoms with Crippen LogP contribution in [0.4, 0.5) is 0 Å². The van der Waals surface area contributed by atoms with Crippen LogP contribution in [-0.2, 0) is 9.53 Å². The molecule has 4 aromatic rings. The van der Waals surface area contributed by atoms with Gasteiger partial charge in [-0.05, 0) is 42.5 Å². The van der Waals surface area contributed by atoms with Gasteiger partial charge in [0, 0.05) is 27.4 Å². The summed E-state index contributed by atoms with van der Waals surface area (Å²) < 4.78 is 8.15. The number of esters is 1. The Labute approximate surface area is 187 Å². The first-order valence-electron chi connectivity index (χ1n) is 9.66. The molecule has 6 heteroatoms. The van der Waals surface area contributed by atoms with E-state index in [1.807, 2.05) is 91.1 Å². The number of nitrogens with zero attached hydrogens (tertiary/aromatic N) is 3. The summed E-state index contributed by atoms with van der Waals surface area (Å²) in [5.41, 5.74) is 4.40. The van der Waals surface area contributed by atoms with Crippen molar-refractivity contribution in [3.63, 3.8) is 0 Å². The molecule has 0 amide bonds. The van der Waals surface area contributed by atoms with Crippen LogP contribution in [-0.4, -0.2) is 21.6 Å². The first-order valence-corrected chi connectivity index (χ1v) is 10.5. The Hall–Kier alpha value is -3.77. The molecule has 0 saturated carbocycles. The molecule has 0 atom stereocenters. The molecule has 2 heterocycles. The monoisotopic (exact) mass is 469 g/mol. The highest BCUT2D eigenvalue weighted by Gasteiger charge is 2.25. The van der Waals surface area contributed by atoms with Crippen LogP contribution < -0.4 is 0 Å². The lowest BCUT2D eigenvalue weighted by atomic mass is 10.1. The van der Waals surface area contributed by atoms with Crippen molar-refractivity contribution >= 4 is 33.9 Å². The average molecular weight is 470 g/mol. The molecule has 0 N–H and O–H groups in total. The number of carbonyl (C=O) groups is 1. The van der Waals surface area contributed by atoms with Crippen LogP contribution >= 0.6 is 15.9 Å². The Kier molecular flexibility index (Phi) is 5.06. The van der Waals surface area contributed by atoms with Crippen LogP contribution in [0.1, 0.15) is 11.1 Å². The summed E-state index contributed by atoms with van der Waals surface area (Å²) >= 11 is 3.41. The zero-order valence-corrected chi connectivity index (χ0v) is 17.9. The van der Waals surface area contributed by atoms with Gasteiger partial charge in [0.2, 0.25) is 5.90 Å². The van der Waals surface area contributed by atoms with Crippen molar-refractivity contribution < 1.29 is 9.53 Å². The van der Waals surface area contributed by atoms with Crippen molar-refractivity contribution in [3.05, 3.63) is 112 Å². The summed E-state index contributed by atoms with van der Waals surface area (Å²) in [7, 11) is 0. The van der Waals surface area contributed by atoms with Crippen molar-refractivity contribution in [2.45, 2.75) is 0 Å². The molecule has 0 aliphatic carbocycles. The van der Waals surface area contributed by atoms with E-state index in [1.165, 1.54) is 0 Å². The minimum Gasteiger partial charge on any atom is -0.402 e. The third-order valence-electron chi connectivity index (χ3n) is 4.81. The van der Waals surface area contributed by atoms with Gasteiger partial charge in [0.1, 0.15) is 5.69 Å². The molecular formula is C25H16BrN3O2. The predicted octanol–water partition coefficient (Wildman–Crippen LogP) is 5.65. The molecule has 5 rings (SSSR count). The summed E-state index contributed by atoms with van der Waals surface area (Å²) in [5.74, 6) is -0.190. The Balaban J connectivity index is 1.59. The molecule has 0 bridgehead atoms. The average Bonchev–Trinajstić information content (AvgIpc) is 3.40. The zero-order chi connectivity index (χ0) is 21.2. The van der Waals surface area contributed by atoms with Crippen LogP contribution in [0.5, 0.6) is 0 Å². The van der Waals surface area contributed by atoms with E-state index in [0.29, 0.717) is 5.90 Å². The maximum Gasteiger partial charge on any atom is 0.363 e. The second-order valence-electron chi connectivity index (χ2n) is 6.92. The van der Waals surface area contributed by atoms with E-state index < -0.39 is 5.97 Å². The minimum absolute atomic E-state index is 0.239. The summed E-state index contributed by atoms with van der Waals surface area (Å²) in [5, 5.41) is 4.77. The van der Waals surface area contributed by atoms with E-state index in [1.54, 1.807) is 10.8 Å². The van der Waals surface area contributed by atoms with Crippen molar-refractivity contribution in [1.29, 1.82) is 0 Å². The van der Waals surface area contributed by atoms with Crippen LogP contribution in [0.15, 0.2) is 106 Å². The van der Waals surface area contributed by atoms with E-state index in [4.69, 9.17) is 9.84 Å². The third kappa shape index (κ3) is 3.98. The molecule has 5 nitrogen and oxygen atoms in total. The number of hydrogen-bond donors (Lipinski definition) is 0.